The van der Waals surface area contributed by atoms with Crippen molar-refractivity contribution in [1.29, 1.82) is 0 Å². The molecule has 1 amide bonds. The summed E-state index contributed by atoms with van der Waals surface area (Å²) >= 11 is 0. The predicted octanol–water partition coefficient (Wildman–Crippen LogP) is 4.99. The maximum absolute atomic E-state index is 12.5. The minimum atomic E-state index is -0.647. The van der Waals surface area contributed by atoms with Crippen LogP contribution in [-0.2, 0) is 22.7 Å². The first-order valence-electron chi connectivity index (χ1n) is 12.2. The zero-order chi connectivity index (χ0) is 26.0. The molecule has 0 saturated carbocycles. The molecule has 1 aliphatic heterocycles. The predicted molar refractivity (Wildman–Crippen MR) is 141 cm³/mol. The van der Waals surface area contributed by atoms with Crippen LogP contribution in [0.3, 0.4) is 0 Å². The Morgan fingerprint density at radius 2 is 1.86 bits per heavy atom. The Hall–Kier alpha value is -4.24. The number of H-pyrrole nitrogens is 1. The largest absolute Gasteiger partial charge is 0.481 e. The summed E-state index contributed by atoms with van der Waals surface area (Å²) in [7, 11) is 0. The normalized spacial score (nSPS) is 13.6. The van der Waals surface area contributed by atoms with Crippen LogP contribution in [0.15, 0.2) is 60.9 Å². The van der Waals surface area contributed by atoms with Gasteiger partial charge in [0.2, 0.25) is 0 Å². The number of amides is 1. The first-order valence-corrected chi connectivity index (χ1v) is 12.2. The van der Waals surface area contributed by atoms with Crippen LogP contribution in [0.1, 0.15) is 39.0 Å². The van der Waals surface area contributed by atoms with Crippen molar-refractivity contribution in [1.82, 2.24) is 25.5 Å². The van der Waals surface area contributed by atoms with Gasteiger partial charge in [-0.1, -0.05) is 24.3 Å². The second-order valence-corrected chi connectivity index (χ2v) is 10.0. The molecule has 0 bridgehead atoms. The van der Waals surface area contributed by atoms with Gasteiger partial charge >= 0.3 is 0 Å². The Kier molecular flexibility index (Phi) is 6.62. The number of ether oxygens (including phenoxy) is 2. The number of rotatable bonds is 7. The number of hydrogen-bond acceptors (Lipinski definition) is 7. The molecule has 3 heterocycles. The third-order valence-electron chi connectivity index (χ3n) is 5.83. The maximum Gasteiger partial charge on any atom is 0.261 e. The molecule has 2 aromatic carbocycles. The van der Waals surface area contributed by atoms with E-state index in [1.807, 2.05) is 75.5 Å². The van der Waals surface area contributed by atoms with Crippen molar-refractivity contribution < 1.29 is 14.3 Å². The molecule has 0 saturated heterocycles. The Labute approximate surface area is 215 Å². The molecule has 190 valence electrons. The van der Waals surface area contributed by atoms with Gasteiger partial charge < -0.3 is 20.1 Å². The van der Waals surface area contributed by atoms with Gasteiger partial charge in [0, 0.05) is 34.1 Å². The summed E-state index contributed by atoms with van der Waals surface area (Å²) in [6, 6.07) is 15.5. The van der Waals surface area contributed by atoms with Crippen molar-refractivity contribution in [2.75, 3.05) is 5.32 Å². The van der Waals surface area contributed by atoms with E-state index in [1.54, 1.807) is 13.1 Å². The van der Waals surface area contributed by atoms with E-state index >= 15 is 0 Å². The average Bonchev–Trinajstić information content (AvgIpc) is 3.56. The Morgan fingerprint density at radius 1 is 1.05 bits per heavy atom. The second kappa shape index (κ2) is 10.0. The molecule has 9 heteroatoms. The molecular formula is C28H30N6O3. The van der Waals surface area contributed by atoms with Crippen LogP contribution in [0.25, 0.3) is 22.5 Å². The third kappa shape index (κ3) is 5.78. The average molecular weight is 499 g/mol. The highest BCUT2D eigenvalue weighted by atomic mass is 16.5. The van der Waals surface area contributed by atoms with Gasteiger partial charge in [-0.3, -0.25) is 9.89 Å². The Morgan fingerprint density at radius 3 is 2.59 bits per heavy atom. The number of benzene rings is 2. The van der Waals surface area contributed by atoms with E-state index in [1.165, 1.54) is 0 Å². The summed E-state index contributed by atoms with van der Waals surface area (Å²) in [4.78, 5) is 22.1. The molecule has 1 atom stereocenters. The molecule has 4 aromatic rings. The Balaban J connectivity index is 1.38. The highest BCUT2D eigenvalue weighted by Crippen LogP contribution is 2.31. The monoisotopic (exact) mass is 498 g/mol. The van der Waals surface area contributed by atoms with E-state index in [-0.39, 0.29) is 11.4 Å². The lowest BCUT2D eigenvalue weighted by Crippen LogP contribution is -2.46. The lowest BCUT2D eigenvalue weighted by Gasteiger charge is -2.23. The van der Waals surface area contributed by atoms with Gasteiger partial charge in [0.1, 0.15) is 11.6 Å². The van der Waals surface area contributed by atoms with E-state index in [9.17, 15) is 4.79 Å². The van der Waals surface area contributed by atoms with Crippen LogP contribution >= 0.6 is 0 Å². The van der Waals surface area contributed by atoms with E-state index in [2.05, 4.69) is 20.8 Å². The fourth-order valence-corrected chi connectivity index (χ4v) is 4.01. The summed E-state index contributed by atoms with van der Waals surface area (Å²) in [5, 5.41) is 13.2. The van der Waals surface area contributed by atoms with E-state index in [0.717, 1.165) is 33.6 Å². The van der Waals surface area contributed by atoms with Crippen LogP contribution in [-0.4, -0.2) is 37.7 Å². The molecule has 0 spiro atoms. The van der Waals surface area contributed by atoms with Gasteiger partial charge in [-0.15, -0.1) is 0 Å². The summed E-state index contributed by atoms with van der Waals surface area (Å²) in [6.07, 6.45) is 3.00. The topological polar surface area (TPSA) is 114 Å². The van der Waals surface area contributed by atoms with Crippen LogP contribution < -0.4 is 15.4 Å². The maximum atomic E-state index is 12.5. The molecule has 37 heavy (non-hydrogen) atoms. The van der Waals surface area contributed by atoms with Crippen molar-refractivity contribution in [2.45, 2.75) is 52.6 Å². The van der Waals surface area contributed by atoms with Gasteiger partial charge in [0.25, 0.3) is 5.91 Å². The third-order valence-corrected chi connectivity index (χ3v) is 5.83. The molecule has 1 unspecified atom stereocenters. The number of nitrogens with one attached hydrogen (secondary N) is 3. The van der Waals surface area contributed by atoms with Gasteiger partial charge in [0.05, 0.1) is 25.1 Å². The molecule has 0 aliphatic carbocycles. The van der Waals surface area contributed by atoms with Crippen molar-refractivity contribution in [2.24, 2.45) is 0 Å². The minimum absolute atomic E-state index is 0.172. The standard InChI is InChI=1S/C28H30N6O3/c1-17(27(35)34-28(2,3)4)37-22-7-5-6-19(12-22)25-32-24-16-36-15-23(24)26(33-25)31-21-10-8-18(9-11-21)20-13-29-30-14-20/h5-14,17H,15-16H2,1-4H3,(H,29,30)(H,34,35)(H,31,32,33). The molecule has 0 radical (unpaired) electrons. The highest BCUT2D eigenvalue weighted by molar-refractivity contribution is 5.81. The summed E-state index contributed by atoms with van der Waals surface area (Å²) in [5.74, 6) is 1.66. The number of carbonyl (C=O) groups is 1. The Bertz CT molecular complexity index is 1390. The van der Waals surface area contributed by atoms with Crippen LogP contribution in [0, 0.1) is 0 Å². The molecular weight excluding hydrogens is 468 g/mol. The number of nitrogens with zero attached hydrogens (tertiary/aromatic N) is 3. The van der Waals surface area contributed by atoms with Crippen molar-refractivity contribution in [3.8, 4) is 28.3 Å². The molecule has 9 nitrogen and oxygen atoms in total. The summed E-state index contributed by atoms with van der Waals surface area (Å²) < 4.78 is 11.6. The van der Waals surface area contributed by atoms with Gasteiger partial charge in [-0.05, 0) is 57.5 Å². The van der Waals surface area contributed by atoms with Crippen LogP contribution in [0.2, 0.25) is 0 Å². The zero-order valence-electron chi connectivity index (χ0n) is 21.3. The highest BCUT2D eigenvalue weighted by Gasteiger charge is 2.23. The van der Waals surface area contributed by atoms with Crippen molar-refractivity contribution in [3.05, 3.63) is 72.2 Å². The SMILES string of the molecule is CC(Oc1cccc(-c2nc3c(c(Nc4ccc(-c5cn[nH]c5)cc4)n2)COC3)c1)C(=O)NC(C)(C)C. The van der Waals surface area contributed by atoms with Crippen LogP contribution in [0.4, 0.5) is 11.5 Å². The molecule has 5 rings (SSSR count). The van der Waals surface area contributed by atoms with Crippen molar-refractivity contribution >= 4 is 17.4 Å². The summed E-state index contributed by atoms with van der Waals surface area (Å²) in [5.41, 5.74) is 5.25. The molecule has 3 N–H and O–H groups in total. The second-order valence-electron chi connectivity index (χ2n) is 10.0. The number of carbonyl (C=O) groups excluding carboxylic acids is 1. The molecule has 0 fully saturated rings. The number of fused-ring (bicyclic) bond motifs is 1. The minimum Gasteiger partial charge on any atom is -0.481 e. The number of anilines is 2. The number of aromatic nitrogens is 4. The summed E-state index contributed by atoms with van der Waals surface area (Å²) in [6.45, 7) is 8.43. The fraction of sp³-hybridized carbons (Fsp3) is 0.286. The lowest BCUT2D eigenvalue weighted by molar-refractivity contribution is -0.128. The molecule has 1 aliphatic rings. The van der Waals surface area contributed by atoms with Gasteiger partial charge in [0.15, 0.2) is 11.9 Å². The zero-order valence-corrected chi connectivity index (χ0v) is 21.3. The van der Waals surface area contributed by atoms with Gasteiger partial charge in [-0.2, -0.15) is 5.10 Å². The quantitative estimate of drug-likeness (QED) is 0.329. The lowest BCUT2D eigenvalue weighted by atomic mass is 10.1. The first kappa shape index (κ1) is 24.5. The number of hydrogen-bond donors (Lipinski definition) is 3. The van der Waals surface area contributed by atoms with Crippen LogP contribution in [0.5, 0.6) is 5.75 Å². The van der Waals surface area contributed by atoms with E-state index < -0.39 is 6.10 Å². The van der Waals surface area contributed by atoms with E-state index in [4.69, 9.17) is 19.4 Å². The smallest absolute Gasteiger partial charge is 0.261 e. The number of aromatic amines is 1. The van der Waals surface area contributed by atoms with Gasteiger partial charge in [-0.25, -0.2) is 9.97 Å². The first-order chi connectivity index (χ1) is 17.7. The van der Waals surface area contributed by atoms with Crippen molar-refractivity contribution in [3.63, 3.8) is 0 Å². The molecule has 2 aromatic heterocycles. The van der Waals surface area contributed by atoms with E-state index in [0.29, 0.717) is 30.6 Å². The fourth-order valence-electron chi connectivity index (χ4n) is 4.01.